The van der Waals surface area contributed by atoms with E-state index in [1.54, 1.807) is 13.8 Å². The van der Waals surface area contributed by atoms with Gasteiger partial charge in [0.1, 0.15) is 11.5 Å². The first-order valence-electron chi connectivity index (χ1n) is 9.99. The van der Waals surface area contributed by atoms with Crippen LogP contribution in [-0.2, 0) is 9.53 Å². The number of carbonyl (C=O) groups excluding carboxylic acids is 1. The highest BCUT2D eigenvalue weighted by Gasteiger charge is 2.87. The third-order valence-electron chi connectivity index (χ3n) is 9.23. The van der Waals surface area contributed by atoms with Crippen LogP contribution in [0.1, 0.15) is 26.7 Å². The third-order valence-corrected chi connectivity index (χ3v) is 9.23. The fourth-order valence-electron chi connectivity index (χ4n) is 8.05. The second-order valence-corrected chi connectivity index (χ2v) is 10.2. The Bertz CT molecular complexity index is 785. The Labute approximate surface area is 163 Å². The molecule has 0 unspecified atom stereocenters. The van der Waals surface area contributed by atoms with E-state index >= 15 is 0 Å². The van der Waals surface area contributed by atoms with Gasteiger partial charge in [-0.25, -0.2) is 0 Å². The Kier molecular flexibility index (Phi) is 3.45. The van der Waals surface area contributed by atoms with E-state index in [2.05, 4.69) is 6.58 Å². The number of carbonyl (C=O) groups is 1. The molecule has 8 heteroatoms. The number of aliphatic hydroxyl groups excluding tert-OH is 4. The van der Waals surface area contributed by atoms with Gasteiger partial charge >= 0.3 is 0 Å². The van der Waals surface area contributed by atoms with E-state index in [0.29, 0.717) is 12.8 Å². The maximum absolute atomic E-state index is 13.4. The topological polar surface area (TPSA) is 153 Å². The number of hydrogen-bond acceptors (Lipinski definition) is 8. The molecule has 4 aliphatic carbocycles. The molecule has 2 aliphatic heterocycles. The van der Waals surface area contributed by atoms with Crippen LogP contribution in [0.3, 0.4) is 0 Å². The van der Waals surface area contributed by atoms with Crippen molar-refractivity contribution in [2.75, 3.05) is 6.61 Å². The molecular formula is C20H29NO7. The van der Waals surface area contributed by atoms with Crippen LogP contribution in [0.5, 0.6) is 0 Å². The van der Waals surface area contributed by atoms with E-state index in [1.165, 1.54) is 0 Å². The third kappa shape index (κ3) is 1.52. The summed E-state index contributed by atoms with van der Waals surface area (Å²) in [7, 11) is 0. The highest BCUT2D eigenvalue weighted by molar-refractivity contribution is 6.05. The number of hydrogen-bond donors (Lipinski definition) is 6. The lowest BCUT2D eigenvalue weighted by Crippen LogP contribution is -2.88. The lowest BCUT2D eigenvalue weighted by molar-refractivity contribution is -0.458. The van der Waals surface area contributed by atoms with Crippen molar-refractivity contribution in [3.8, 4) is 0 Å². The SMILES string of the molecule is C=C1C(=O)[C@]23[C@@H](O)[C@H]1CC[C@H]2[C@@]12CO[C@]3(O)[C@@H](O)[C@@H]1C(C)(C)[C@@H](O)[C@@H](O)[C@@H]2N. The zero-order valence-electron chi connectivity index (χ0n) is 16.1. The van der Waals surface area contributed by atoms with E-state index in [-0.39, 0.29) is 12.2 Å². The van der Waals surface area contributed by atoms with E-state index in [9.17, 15) is 30.3 Å². The van der Waals surface area contributed by atoms with Gasteiger partial charge in [-0.2, -0.15) is 0 Å². The summed E-state index contributed by atoms with van der Waals surface area (Å²) in [5, 5.41) is 55.7. The van der Waals surface area contributed by atoms with Crippen LogP contribution in [0.4, 0.5) is 0 Å². The molecule has 6 rings (SSSR count). The average Bonchev–Trinajstić information content (AvgIpc) is 2.75. The van der Waals surface area contributed by atoms with Crippen LogP contribution >= 0.6 is 0 Å². The lowest BCUT2D eigenvalue weighted by atomic mass is 9.34. The van der Waals surface area contributed by atoms with Crippen LogP contribution in [0.25, 0.3) is 0 Å². The predicted molar refractivity (Wildman–Crippen MR) is 95.4 cm³/mol. The van der Waals surface area contributed by atoms with E-state index in [4.69, 9.17) is 10.5 Å². The van der Waals surface area contributed by atoms with Gasteiger partial charge in [0, 0.05) is 23.3 Å². The van der Waals surface area contributed by atoms with Crippen LogP contribution in [0.15, 0.2) is 12.2 Å². The molecule has 8 nitrogen and oxygen atoms in total. The first kappa shape index (κ1) is 19.1. The molecule has 0 radical (unpaired) electrons. The molecule has 6 aliphatic rings. The van der Waals surface area contributed by atoms with Gasteiger partial charge in [-0.15, -0.1) is 0 Å². The van der Waals surface area contributed by atoms with Gasteiger partial charge in [0.05, 0.1) is 24.9 Å². The summed E-state index contributed by atoms with van der Waals surface area (Å²) in [6.07, 6.45) is -4.34. The number of nitrogens with two attached hydrogens (primary N) is 1. The average molecular weight is 395 g/mol. The van der Waals surface area contributed by atoms with Crippen molar-refractivity contribution < 1.29 is 35.1 Å². The van der Waals surface area contributed by atoms with Gasteiger partial charge in [0.25, 0.3) is 0 Å². The quantitative estimate of drug-likeness (QED) is 0.265. The Balaban J connectivity index is 1.82. The number of Topliss-reactive ketones (excluding diaryl/α,β-unsaturated/α-hetero) is 1. The molecule has 6 fully saturated rings. The van der Waals surface area contributed by atoms with Crippen molar-refractivity contribution in [2.24, 2.45) is 39.7 Å². The molecule has 156 valence electrons. The summed E-state index contributed by atoms with van der Waals surface area (Å²) in [4.78, 5) is 13.4. The van der Waals surface area contributed by atoms with Gasteiger partial charge in [0.15, 0.2) is 5.78 Å². The van der Waals surface area contributed by atoms with Gasteiger partial charge in [-0.1, -0.05) is 20.4 Å². The maximum atomic E-state index is 13.4. The maximum Gasteiger partial charge on any atom is 0.208 e. The van der Waals surface area contributed by atoms with Crippen LogP contribution < -0.4 is 5.73 Å². The van der Waals surface area contributed by atoms with Crippen molar-refractivity contribution >= 4 is 5.78 Å². The fraction of sp³-hybridized carbons (Fsp3) is 0.850. The molecule has 2 heterocycles. The van der Waals surface area contributed by atoms with Crippen molar-refractivity contribution in [1.29, 1.82) is 0 Å². The van der Waals surface area contributed by atoms with Gasteiger partial charge in [0.2, 0.25) is 5.79 Å². The Hall–Kier alpha value is -0.870. The number of fused-ring (bicyclic) bond motifs is 2. The molecule has 7 N–H and O–H groups in total. The fourth-order valence-corrected chi connectivity index (χ4v) is 8.05. The number of ether oxygens (including phenoxy) is 1. The Morgan fingerprint density at radius 1 is 1.11 bits per heavy atom. The first-order chi connectivity index (χ1) is 12.9. The molecule has 0 aromatic carbocycles. The highest BCUT2D eigenvalue weighted by Crippen LogP contribution is 2.76. The molecule has 0 aromatic heterocycles. The van der Waals surface area contributed by atoms with E-state index in [1.807, 2.05) is 0 Å². The smallest absolute Gasteiger partial charge is 0.208 e. The van der Waals surface area contributed by atoms with Crippen LogP contribution in [0, 0.1) is 34.0 Å². The van der Waals surface area contributed by atoms with E-state index in [0.717, 1.165) is 0 Å². The zero-order chi connectivity index (χ0) is 20.6. The molecule has 2 saturated heterocycles. The monoisotopic (exact) mass is 395 g/mol. The minimum atomic E-state index is -2.31. The van der Waals surface area contributed by atoms with Gasteiger partial charge in [-0.3, -0.25) is 4.79 Å². The summed E-state index contributed by atoms with van der Waals surface area (Å²) in [6.45, 7) is 7.22. The number of rotatable bonds is 0. The van der Waals surface area contributed by atoms with Gasteiger partial charge in [-0.05, 0) is 29.7 Å². The molecule has 11 atom stereocenters. The Morgan fingerprint density at radius 3 is 2.39 bits per heavy atom. The second-order valence-electron chi connectivity index (χ2n) is 10.2. The van der Waals surface area contributed by atoms with Crippen molar-refractivity contribution in [2.45, 2.75) is 62.9 Å². The number of aliphatic hydroxyl groups is 5. The standard InChI is InChI=1S/C20H29NO7/c1-7-8-4-5-9-18-6-28-20(27,19(9,13(7)23)14(8)24)16(26)11(18)17(2,3)15(25)10(22)12(18)21/h8-12,14-16,22,24-27H,1,4-6,21H2,2-3H3/t8-,9-,10-,11+,12-,14-,15-,16-,18-,19-,20+/m0/s1. The molecular weight excluding hydrogens is 366 g/mol. The number of ketones is 1. The van der Waals surface area contributed by atoms with E-state index < -0.39 is 76.0 Å². The van der Waals surface area contributed by atoms with Crippen LogP contribution in [-0.4, -0.2) is 74.2 Å². The summed E-state index contributed by atoms with van der Waals surface area (Å²) >= 11 is 0. The van der Waals surface area contributed by atoms with Crippen molar-refractivity contribution in [1.82, 2.24) is 0 Å². The molecule has 2 spiro atoms. The molecule has 0 amide bonds. The minimum absolute atomic E-state index is 0.0663. The van der Waals surface area contributed by atoms with Crippen molar-refractivity contribution in [3.63, 3.8) is 0 Å². The molecule has 4 bridgehead atoms. The largest absolute Gasteiger partial charge is 0.391 e. The zero-order valence-corrected chi connectivity index (χ0v) is 16.1. The molecule has 28 heavy (non-hydrogen) atoms. The summed E-state index contributed by atoms with van der Waals surface area (Å²) in [6, 6.07) is -0.993. The normalized spacial score (nSPS) is 61.9. The predicted octanol–water partition coefficient (Wildman–Crippen LogP) is -1.72. The summed E-state index contributed by atoms with van der Waals surface area (Å²) in [5.74, 6) is -4.63. The van der Waals surface area contributed by atoms with Crippen molar-refractivity contribution in [3.05, 3.63) is 12.2 Å². The van der Waals surface area contributed by atoms with Gasteiger partial charge < -0.3 is 36.0 Å². The summed E-state index contributed by atoms with van der Waals surface area (Å²) < 4.78 is 5.77. The molecule has 0 aromatic rings. The summed E-state index contributed by atoms with van der Waals surface area (Å²) in [5.41, 5.74) is 2.86. The molecule has 4 saturated carbocycles. The van der Waals surface area contributed by atoms with Crippen LogP contribution in [0.2, 0.25) is 0 Å². The Morgan fingerprint density at radius 2 is 1.75 bits per heavy atom. The highest BCUT2D eigenvalue weighted by atomic mass is 16.6. The first-order valence-corrected chi connectivity index (χ1v) is 9.99. The second kappa shape index (κ2) is 5.06. The minimum Gasteiger partial charge on any atom is -0.391 e. The lowest BCUT2D eigenvalue weighted by Gasteiger charge is -2.76.